The van der Waals surface area contributed by atoms with E-state index in [4.69, 9.17) is 22.0 Å². The molecule has 0 saturated heterocycles. The van der Waals surface area contributed by atoms with Crippen molar-refractivity contribution in [2.45, 2.75) is 0 Å². The number of aromatic carboxylic acids is 1. The number of benzene rings is 1. The van der Waals surface area contributed by atoms with Gasteiger partial charge in [-0.25, -0.2) is 4.79 Å². The van der Waals surface area contributed by atoms with Crippen LogP contribution in [0.2, 0.25) is 5.02 Å². The van der Waals surface area contributed by atoms with Gasteiger partial charge in [0.1, 0.15) is 0 Å². The molecule has 0 aliphatic heterocycles. The fraction of sp³-hybridized carbons (Fsp3) is 0. The molecule has 0 aromatic heterocycles. The molecule has 1 aromatic rings. The number of hydrogen-bond acceptors (Lipinski definition) is 2. The summed E-state index contributed by atoms with van der Waals surface area (Å²) in [5, 5.41) is 17.1. The molecule has 0 atom stereocenters. The third-order valence-electron chi connectivity index (χ3n) is 1.57. The first-order valence-electron chi connectivity index (χ1n) is 3.74. The van der Waals surface area contributed by atoms with E-state index >= 15 is 0 Å². The molecule has 70 valence electrons. The van der Waals surface area contributed by atoms with Crippen molar-refractivity contribution in [3.05, 3.63) is 40.4 Å². The van der Waals surface area contributed by atoms with Crippen molar-refractivity contribution >= 4 is 23.6 Å². The molecule has 0 aliphatic carbocycles. The molecule has 0 amide bonds. The van der Waals surface area contributed by atoms with Gasteiger partial charge in [-0.3, -0.25) is 0 Å². The largest absolute Gasteiger partial charge is 0.478 e. The predicted octanol–water partition coefficient (Wildman–Crippen LogP) is 2.57. The van der Waals surface area contributed by atoms with Gasteiger partial charge in [0.25, 0.3) is 0 Å². The second-order valence-corrected chi connectivity index (χ2v) is 2.91. The minimum absolute atomic E-state index is 0.0563. The average Bonchev–Trinajstić information content (AvgIpc) is 2.14. The molecular formula is C10H6ClNO2. The van der Waals surface area contributed by atoms with E-state index in [1.165, 1.54) is 18.2 Å². The molecule has 0 radical (unpaired) electrons. The van der Waals surface area contributed by atoms with Crippen LogP contribution in [-0.4, -0.2) is 11.1 Å². The lowest BCUT2D eigenvalue weighted by Crippen LogP contribution is -1.96. The summed E-state index contributed by atoms with van der Waals surface area (Å²) in [7, 11) is 0. The average molecular weight is 208 g/mol. The van der Waals surface area contributed by atoms with Gasteiger partial charge in [0, 0.05) is 6.08 Å². The van der Waals surface area contributed by atoms with E-state index in [2.05, 4.69) is 0 Å². The number of nitriles is 1. The first-order valence-corrected chi connectivity index (χ1v) is 4.12. The van der Waals surface area contributed by atoms with Crippen LogP contribution in [0.25, 0.3) is 6.08 Å². The predicted molar refractivity (Wildman–Crippen MR) is 53.1 cm³/mol. The fourth-order valence-electron chi connectivity index (χ4n) is 0.942. The van der Waals surface area contributed by atoms with E-state index in [1.807, 2.05) is 6.07 Å². The van der Waals surface area contributed by atoms with Crippen molar-refractivity contribution in [3.63, 3.8) is 0 Å². The molecule has 1 rings (SSSR count). The van der Waals surface area contributed by atoms with Gasteiger partial charge in [-0.2, -0.15) is 5.26 Å². The highest BCUT2D eigenvalue weighted by Crippen LogP contribution is 2.18. The summed E-state index contributed by atoms with van der Waals surface area (Å²) in [6.45, 7) is 0. The van der Waals surface area contributed by atoms with Crippen LogP contribution in [0, 0.1) is 11.3 Å². The molecule has 4 heteroatoms. The Labute approximate surface area is 85.9 Å². The third-order valence-corrected chi connectivity index (χ3v) is 1.89. The van der Waals surface area contributed by atoms with Gasteiger partial charge in [0.2, 0.25) is 0 Å². The summed E-state index contributed by atoms with van der Waals surface area (Å²) in [5.41, 5.74) is 0.752. The zero-order valence-electron chi connectivity index (χ0n) is 7.07. The SMILES string of the molecule is N#CC=Cc1ccc(C(=O)O)c(Cl)c1. The van der Waals surface area contributed by atoms with Gasteiger partial charge in [0.05, 0.1) is 16.7 Å². The van der Waals surface area contributed by atoms with Crippen molar-refractivity contribution in [3.8, 4) is 6.07 Å². The number of nitrogens with zero attached hydrogens (tertiary/aromatic N) is 1. The standard InChI is InChI=1S/C10H6ClNO2/c11-9-6-7(2-1-5-12)3-4-8(9)10(13)14/h1-4,6H,(H,13,14). The fourth-order valence-corrected chi connectivity index (χ4v) is 1.21. The zero-order valence-corrected chi connectivity index (χ0v) is 7.82. The minimum Gasteiger partial charge on any atom is -0.478 e. The topological polar surface area (TPSA) is 61.1 Å². The Bertz CT molecular complexity index is 432. The van der Waals surface area contributed by atoms with Gasteiger partial charge < -0.3 is 5.11 Å². The second kappa shape index (κ2) is 4.45. The van der Waals surface area contributed by atoms with Crippen molar-refractivity contribution < 1.29 is 9.90 Å². The first kappa shape index (κ1) is 10.3. The van der Waals surface area contributed by atoms with Gasteiger partial charge in [-0.1, -0.05) is 17.7 Å². The van der Waals surface area contributed by atoms with Crippen LogP contribution in [0.1, 0.15) is 15.9 Å². The summed E-state index contributed by atoms with van der Waals surface area (Å²) in [4.78, 5) is 10.6. The number of allylic oxidation sites excluding steroid dienone is 1. The molecule has 0 heterocycles. The highest BCUT2D eigenvalue weighted by atomic mass is 35.5. The monoisotopic (exact) mass is 207 g/mol. The zero-order chi connectivity index (χ0) is 10.6. The van der Waals surface area contributed by atoms with Crippen LogP contribution in [0.3, 0.4) is 0 Å². The highest BCUT2D eigenvalue weighted by Gasteiger charge is 2.07. The maximum atomic E-state index is 10.6. The maximum Gasteiger partial charge on any atom is 0.337 e. The summed E-state index contributed by atoms with van der Waals surface area (Å²) in [6.07, 6.45) is 2.85. The summed E-state index contributed by atoms with van der Waals surface area (Å²) >= 11 is 5.71. The van der Waals surface area contributed by atoms with Gasteiger partial charge in [-0.15, -0.1) is 0 Å². The first-order chi connectivity index (χ1) is 6.65. The Kier molecular flexibility index (Phi) is 3.27. The van der Waals surface area contributed by atoms with Gasteiger partial charge in [-0.05, 0) is 23.8 Å². The lowest BCUT2D eigenvalue weighted by atomic mass is 10.1. The molecule has 3 nitrogen and oxygen atoms in total. The molecule has 14 heavy (non-hydrogen) atoms. The van der Waals surface area contributed by atoms with E-state index in [1.54, 1.807) is 12.1 Å². The Balaban J connectivity index is 3.08. The van der Waals surface area contributed by atoms with Crippen molar-refractivity contribution in [2.75, 3.05) is 0 Å². The van der Waals surface area contributed by atoms with Crippen LogP contribution < -0.4 is 0 Å². The van der Waals surface area contributed by atoms with Crippen LogP contribution in [0.15, 0.2) is 24.3 Å². The van der Waals surface area contributed by atoms with Crippen molar-refractivity contribution in [1.82, 2.24) is 0 Å². The molecule has 0 saturated carbocycles. The van der Waals surface area contributed by atoms with Crippen LogP contribution >= 0.6 is 11.6 Å². The number of carboxylic acid groups (broad SMARTS) is 1. The Hall–Kier alpha value is -1.79. The van der Waals surface area contributed by atoms with Crippen LogP contribution in [0.5, 0.6) is 0 Å². The Morgan fingerprint density at radius 3 is 2.79 bits per heavy atom. The quantitative estimate of drug-likeness (QED) is 0.759. The Morgan fingerprint density at radius 1 is 1.57 bits per heavy atom. The number of rotatable bonds is 2. The molecular weight excluding hydrogens is 202 g/mol. The summed E-state index contributed by atoms with van der Waals surface area (Å²) in [6, 6.07) is 6.32. The lowest BCUT2D eigenvalue weighted by Gasteiger charge is -1.99. The number of carbonyl (C=O) groups is 1. The smallest absolute Gasteiger partial charge is 0.337 e. The van der Waals surface area contributed by atoms with E-state index in [9.17, 15) is 4.79 Å². The molecule has 1 N–H and O–H groups in total. The summed E-state index contributed by atoms with van der Waals surface area (Å²) in [5.74, 6) is -1.06. The van der Waals surface area contributed by atoms with E-state index in [0.29, 0.717) is 5.56 Å². The van der Waals surface area contributed by atoms with Crippen LogP contribution in [0.4, 0.5) is 0 Å². The maximum absolute atomic E-state index is 10.6. The third kappa shape index (κ3) is 2.35. The number of hydrogen-bond donors (Lipinski definition) is 1. The molecule has 0 aliphatic rings. The van der Waals surface area contributed by atoms with Crippen molar-refractivity contribution in [2.24, 2.45) is 0 Å². The highest BCUT2D eigenvalue weighted by molar-refractivity contribution is 6.33. The van der Waals surface area contributed by atoms with Gasteiger partial charge >= 0.3 is 5.97 Å². The Morgan fingerprint density at radius 2 is 2.29 bits per heavy atom. The molecule has 0 spiro atoms. The normalized spacial score (nSPS) is 10.0. The number of halogens is 1. The lowest BCUT2D eigenvalue weighted by molar-refractivity contribution is 0.0697. The molecule has 0 unspecified atom stereocenters. The van der Waals surface area contributed by atoms with E-state index < -0.39 is 5.97 Å². The minimum atomic E-state index is -1.06. The van der Waals surface area contributed by atoms with E-state index in [0.717, 1.165) is 0 Å². The molecule has 1 aromatic carbocycles. The summed E-state index contributed by atoms with van der Waals surface area (Å²) < 4.78 is 0. The molecule has 0 bridgehead atoms. The van der Waals surface area contributed by atoms with Gasteiger partial charge in [0.15, 0.2) is 0 Å². The molecule has 0 fully saturated rings. The second-order valence-electron chi connectivity index (χ2n) is 2.51. The number of carboxylic acids is 1. The van der Waals surface area contributed by atoms with Crippen molar-refractivity contribution in [1.29, 1.82) is 5.26 Å². The van der Waals surface area contributed by atoms with Crippen LogP contribution in [-0.2, 0) is 0 Å². The van der Waals surface area contributed by atoms with E-state index in [-0.39, 0.29) is 10.6 Å².